The highest BCUT2D eigenvalue weighted by Gasteiger charge is 2.21. The zero-order valence-electron chi connectivity index (χ0n) is 12.4. The topological polar surface area (TPSA) is 60.9 Å². The molecule has 1 N–H and O–H groups in total. The van der Waals surface area contributed by atoms with Crippen molar-refractivity contribution >= 4 is 11.9 Å². The monoisotopic (exact) mass is 290 g/mol. The number of benzene rings is 1. The zero-order chi connectivity index (χ0) is 15.2. The number of nitrogens with zero attached hydrogens (tertiary/aromatic N) is 2. The second-order valence-corrected chi connectivity index (χ2v) is 5.53. The Morgan fingerprint density at radius 2 is 1.90 bits per heavy atom. The van der Waals surface area contributed by atoms with Gasteiger partial charge in [0.1, 0.15) is 0 Å². The van der Waals surface area contributed by atoms with E-state index in [0.29, 0.717) is 26.1 Å². The van der Waals surface area contributed by atoms with Gasteiger partial charge >= 0.3 is 5.97 Å². The van der Waals surface area contributed by atoms with Gasteiger partial charge in [-0.1, -0.05) is 29.8 Å². The first-order valence-electron chi connectivity index (χ1n) is 7.32. The number of carbonyl (C=O) groups is 2. The Morgan fingerprint density at radius 3 is 2.52 bits per heavy atom. The van der Waals surface area contributed by atoms with Crippen LogP contribution in [-0.4, -0.2) is 59.5 Å². The lowest BCUT2D eigenvalue weighted by Gasteiger charge is -2.34. The molecule has 1 aromatic carbocycles. The highest BCUT2D eigenvalue weighted by Crippen LogP contribution is 2.09. The average Bonchev–Trinajstić information content (AvgIpc) is 2.45. The van der Waals surface area contributed by atoms with E-state index in [-0.39, 0.29) is 12.3 Å². The van der Waals surface area contributed by atoms with E-state index in [1.165, 1.54) is 5.56 Å². The van der Waals surface area contributed by atoms with Gasteiger partial charge in [0.25, 0.3) is 0 Å². The van der Waals surface area contributed by atoms with Gasteiger partial charge < -0.3 is 10.0 Å². The quantitative estimate of drug-likeness (QED) is 0.884. The average molecular weight is 290 g/mol. The third-order valence-electron chi connectivity index (χ3n) is 3.80. The van der Waals surface area contributed by atoms with E-state index < -0.39 is 5.97 Å². The molecule has 2 rings (SSSR count). The first-order valence-corrected chi connectivity index (χ1v) is 7.32. The molecule has 0 saturated carbocycles. The Labute approximate surface area is 125 Å². The van der Waals surface area contributed by atoms with Crippen LogP contribution in [0.1, 0.15) is 17.5 Å². The number of amides is 1. The minimum Gasteiger partial charge on any atom is -0.481 e. The molecule has 0 radical (unpaired) electrons. The minimum atomic E-state index is -0.770. The lowest BCUT2D eigenvalue weighted by atomic mass is 10.1. The summed E-state index contributed by atoms with van der Waals surface area (Å²) in [4.78, 5) is 26.8. The van der Waals surface area contributed by atoms with Crippen LogP contribution in [0.5, 0.6) is 0 Å². The molecule has 1 fully saturated rings. The summed E-state index contributed by atoms with van der Waals surface area (Å²) in [5, 5.41) is 8.68. The van der Waals surface area contributed by atoms with Crippen molar-refractivity contribution in [1.82, 2.24) is 9.80 Å². The number of hydrogen-bond donors (Lipinski definition) is 1. The van der Waals surface area contributed by atoms with Crippen LogP contribution in [0.25, 0.3) is 0 Å². The Bertz CT molecular complexity index is 508. The number of rotatable bonds is 5. The summed E-state index contributed by atoms with van der Waals surface area (Å²) in [7, 11) is 0. The minimum absolute atomic E-state index is 0.151. The maximum Gasteiger partial charge on any atom is 0.304 e. The smallest absolute Gasteiger partial charge is 0.304 e. The fourth-order valence-corrected chi connectivity index (χ4v) is 2.58. The molecule has 0 spiro atoms. The van der Waals surface area contributed by atoms with Crippen molar-refractivity contribution in [3.05, 3.63) is 35.4 Å². The summed E-state index contributed by atoms with van der Waals surface area (Å²) in [6, 6.07) is 8.02. The van der Waals surface area contributed by atoms with E-state index in [1.54, 1.807) is 0 Å². The summed E-state index contributed by atoms with van der Waals surface area (Å²) >= 11 is 0. The van der Waals surface area contributed by atoms with E-state index >= 15 is 0 Å². The summed E-state index contributed by atoms with van der Waals surface area (Å²) in [5.74, 6) is -0.619. The van der Waals surface area contributed by atoms with Crippen LogP contribution in [0, 0.1) is 6.92 Å². The molecule has 5 nitrogen and oxygen atoms in total. The number of aryl methyl sites for hydroxylation is 1. The third-order valence-corrected chi connectivity index (χ3v) is 3.80. The fraction of sp³-hybridized carbons (Fsp3) is 0.500. The summed E-state index contributed by atoms with van der Waals surface area (Å²) in [5.41, 5.74) is 2.21. The molecule has 114 valence electrons. The first kappa shape index (κ1) is 15.5. The molecule has 1 heterocycles. The maximum atomic E-state index is 12.3. The molecule has 0 atom stereocenters. The molecule has 1 amide bonds. The maximum absolute atomic E-state index is 12.3. The molecule has 1 aliphatic heterocycles. The molecule has 1 saturated heterocycles. The van der Waals surface area contributed by atoms with Crippen LogP contribution in [-0.2, 0) is 16.0 Å². The van der Waals surface area contributed by atoms with Crippen molar-refractivity contribution in [2.75, 3.05) is 32.7 Å². The number of aliphatic carboxylic acids is 1. The SMILES string of the molecule is Cc1cccc(CC(=O)N2CCN(CCC(=O)O)CC2)c1. The molecule has 1 aliphatic rings. The Balaban J connectivity index is 1.79. The summed E-state index contributed by atoms with van der Waals surface area (Å²) < 4.78 is 0. The first-order chi connectivity index (χ1) is 10.0. The predicted molar refractivity (Wildman–Crippen MR) is 80.2 cm³/mol. The van der Waals surface area contributed by atoms with Crippen molar-refractivity contribution in [1.29, 1.82) is 0 Å². The van der Waals surface area contributed by atoms with Gasteiger partial charge in [-0.2, -0.15) is 0 Å². The Hall–Kier alpha value is -1.88. The highest BCUT2D eigenvalue weighted by atomic mass is 16.4. The molecule has 5 heteroatoms. The highest BCUT2D eigenvalue weighted by molar-refractivity contribution is 5.79. The van der Waals surface area contributed by atoms with Gasteiger partial charge in [0.15, 0.2) is 0 Å². The van der Waals surface area contributed by atoms with Gasteiger partial charge in [-0.3, -0.25) is 14.5 Å². The van der Waals surface area contributed by atoms with Crippen LogP contribution < -0.4 is 0 Å². The van der Waals surface area contributed by atoms with E-state index in [2.05, 4.69) is 4.90 Å². The Morgan fingerprint density at radius 1 is 1.19 bits per heavy atom. The Kier molecular flexibility index (Phi) is 5.33. The number of carboxylic acids is 1. The lowest BCUT2D eigenvalue weighted by Crippen LogP contribution is -2.49. The van der Waals surface area contributed by atoms with E-state index in [0.717, 1.165) is 18.7 Å². The fourth-order valence-electron chi connectivity index (χ4n) is 2.58. The molecule has 21 heavy (non-hydrogen) atoms. The van der Waals surface area contributed by atoms with Gasteiger partial charge in [-0.15, -0.1) is 0 Å². The number of carboxylic acid groups (broad SMARTS) is 1. The lowest BCUT2D eigenvalue weighted by molar-refractivity contribution is -0.138. The van der Waals surface area contributed by atoms with E-state index in [4.69, 9.17) is 5.11 Å². The molecule has 1 aromatic rings. The van der Waals surface area contributed by atoms with Gasteiger partial charge in [-0.05, 0) is 12.5 Å². The standard InChI is InChI=1S/C16H22N2O3/c1-13-3-2-4-14(11-13)12-15(19)18-9-7-17(8-10-18)6-5-16(20)21/h2-4,11H,5-10,12H2,1H3,(H,20,21). The second kappa shape index (κ2) is 7.22. The number of piperazine rings is 1. The normalized spacial score (nSPS) is 16.0. The van der Waals surface area contributed by atoms with Crippen LogP contribution in [0.2, 0.25) is 0 Å². The summed E-state index contributed by atoms with van der Waals surface area (Å²) in [6.07, 6.45) is 0.605. The van der Waals surface area contributed by atoms with Crippen molar-refractivity contribution in [2.24, 2.45) is 0 Å². The zero-order valence-corrected chi connectivity index (χ0v) is 12.4. The molecular formula is C16H22N2O3. The van der Waals surface area contributed by atoms with Crippen molar-refractivity contribution < 1.29 is 14.7 Å². The van der Waals surface area contributed by atoms with Crippen molar-refractivity contribution in [2.45, 2.75) is 19.8 Å². The van der Waals surface area contributed by atoms with E-state index in [1.807, 2.05) is 36.1 Å². The van der Waals surface area contributed by atoms with Crippen molar-refractivity contribution in [3.8, 4) is 0 Å². The van der Waals surface area contributed by atoms with Crippen LogP contribution in [0.4, 0.5) is 0 Å². The van der Waals surface area contributed by atoms with Gasteiger partial charge in [-0.25, -0.2) is 0 Å². The molecular weight excluding hydrogens is 268 g/mol. The largest absolute Gasteiger partial charge is 0.481 e. The van der Waals surface area contributed by atoms with Gasteiger partial charge in [0, 0.05) is 32.7 Å². The van der Waals surface area contributed by atoms with Crippen LogP contribution in [0.3, 0.4) is 0 Å². The number of hydrogen-bond acceptors (Lipinski definition) is 3. The van der Waals surface area contributed by atoms with Gasteiger partial charge in [0.2, 0.25) is 5.91 Å². The molecule has 0 aliphatic carbocycles. The second-order valence-electron chi connectivity index (χ2n) is 5.53. The molecule has 0 unspecified atom stereocenters. The van der Waals surface area contributed by atoms with Crippen LogP contribution in [0.15, 0.2) is 24.3 Å². The third kappa shape index (κ3) is 4.86. The van der Waals surface area contributed by atoms with E-state index in [9.17, 15) is 9.59 Å². The molecule has 0 aromatic heterocycles. The molecule has 0 bridgehead atoms. The predicted octanol–water partition coefficient (Wildman–Crippen LogP) is 1.16. The van der Waals surface area contributed by atoms with Crippen molar-refractivity contribution in [3.63, 3.8) is 0 Å². The van der Waals surface area contributed by atoms with Gasteiger partial charge in [0.05, 0.1) is 12.8 Å². The number of carbonyl (C=O) groups excluding carboxylic acids is 1. The van der Waals surface area contributed by atoms with Crippen LogP contribution >= 0.6 is 0 Å². The summed E-state index contributed by atoms with van der Waals surface area (Å²) in [6.45, 7) is 5.47.